The summed E-state index contributed by atoms with van der Waals surface area (Å²) in [6, 6.07) is 3.29. The Hall–Kier alpha value is -1.18. The molecule has 78 valence electrons. The van der Waals surface area contributed by atoms with Gasteiger partial charge in [0.25, 0.3) is 10.2 Å². The van der Waals surface area contributed by atoms with Gasteiger partial charge in [0, 0.05) is 18.8 Å². The predicted molar refractivity (Wildman–Crippen MR) is 50.7 cm³/mol. The minimum atomic E-state index is -3.65. The fraction of sp³-hybridized carbons (Fsp3) is 0.286. The van der Waals surface area contributed by atoms with Crippen molar-refractivity contribution in [2.24, 2.45) is 5.14 Å². The Kier molecular flexibility index (Phi) is 3.39. The Morgan fingerprint density at radius 3 is 2.93 bits per heavy atom. The lowest BCUT2D eigenvalue weighted by molar-refractivity contribution is 0.397. The zero-order valence-electron chi connectivity index (χ0n) is 7.60. The Labute approximate surface area is 82.3 Å². The second-order valence-electron chi connectivity index (χ2n) is 2.57. The highest BCUT2D eigenvalue weighted by atomic mass is 32.2. The van der Waals surface area contributed by atoms with Crippen LogP contribution in [-0.2, 0) is 16.8 Å². The molecule has 14 heavy (non-hydrogen) atoms. The maximum absolute atomic E-state index is 10.6. The lowest BCUT2D eigenvalue weighted by Gasteiger charge is -2.03. The van der Waals surface area contributed by atoms with Gasteiger partial charge in [-0.15, -0.1) is 0 Å². The zero-order valence-corrected chi connectivity index (χ0v) is 8.41. The highest BCUT2D eigenvalue weighted by Crippen LogP contribution is 2.07. The van der Waals surface area contributed by atoms with Crippen LogP contribution >= 0.6 is 0 Å². The minimum Gasteiger partial charge on any atom is -0.481 e. The second-order valence-corrected chi connectivity index (χ2v) is 3.95. The smallest absolute Gasteiger partial charge is 0.274 e. The Bertz CT molecular complexity index is 404. The van der Waals surface area contributed by atoms with Crippen molar-refractivity contribution in [2.75, 3.05) is 7.11 Å². The molecule has 0 aliphatic carbocycles. The normalized spacial score (nSPS) is 11.3. The van der Waals surface area contributed by atoms with Gasteiger partial charge in [-0.2, -0.15) is 13.1 Å². The van der Waals surface area contributed by atoms with Gasteiger partial charge < -0.3 is 4.74 Å². The molecule has 0 saturated heterocycles. The number of rotatable bonds is 4. The quantitative estimate of drug-likeness (QED) is 0.703. The van der Waals surface area contributed by atoms with Crippen LogP contribution in [0.3, 0.4) is 0 Å². The number of hydrogen-bond acceptors (Lipinski definition) is 4. The summed E-state index contributed by atoms with van der Waals surface area (Å²) in [6.45, 7) is 0.123. The molecule has 1 rings (SSSR count). The molecule has 0 spiro atoms. The molecule has 0 saturated carbocycles. The summed E-state index contributed by atoms with van der Waals surface area (Å²) < 4.78 is 28.2. The number of ether oxygens (including phenoxy) is 1. The molecule has 0 aromatic carbocycles. The molecule has 0 radical (unpaired) electrons. The summed E-state index contributed by atoms with van der Waals surface area (Å²) in [5.41, 5.74) is 0.728. The van der Waals surface area contributed by atoms with Crippen LogP contribution in [0.4, 0.5) is 0 Å². The van der Waals surface area contributed by atoms with E-state index in [1.165, 1.54) is 13.3 Å². The molecular formula is C7H11N3O3S. The monoisotopic (exact) mass is 217 g/mol. The third-order valence-electron chi connectivity index (χ3n) is 1.49. The van der Waals surface area contributed by atoms with E-state index in [0.29, 0.717) is 5.88 Å². The Morgan fingerprint density at radius 1 is 1.64 bits per heavy atom. The molecule has 0 aliphatic rings. The summed E-state index contributed by atoms with van der Waals surface area (Å²) in [6.07, 6.45) is 1.53. The predicted octanol–water partition coefficient (Wildman–Crippen LogP) is -0.617. The molecule has 1 heterocycles. The van der Waals surface area contributed by atoms with Crippen molar-refractivity contribution in [3.8, 4) is 5.88 Å². The number of aromatic nitrogens is 1. The van der Waals surface area contributed by atoms with E-state index in [0.717, 1.165) is 5.56 Å². The average molecular weight is 217 g/mol. The van der Waals surface area contributed by atoms with Crippen LogP contribution in [0, 0.1) is 0 Å². The van der Waals surface area contributed by atoms with Crippen molar-refractivity contribution >= 4 is 10.2 Å². The first-order valence-corrected chi connectivity index (χ1v) is 5.32. The molecule has 0 fully saturated rings. The second kappa shape index (κ2) is 4.36. The zero-order chi connectivity index (χ0) is 10.6. The van der Waals surface area contributed by atoms with E-state index in [2.05, 4.69) is 9.71 Å². The maximum atomic E-state index is 10.6. The van der Waals surface area contributed by atoms with Crippen molar-refractivity contribution in [1.29, 1.82) is 0 Å². The molecule has 0 amide bonds. The van der Waals surface area contributed by atoms with Crippen molar-refractivity contribution in [2.45, 2.75) is 6.54 Å². The molecule has 0 aliphatic heterocycles. The van der Waals surface area contributed by atoms with Crippen molar-refractivity contribution < 1.29 is 13.2 Å². The first-order chi connectivity index (χ1) is 6.51. The lowest BCUT2D eigenvalue weighted by Crippen LogP contribution is -2.30. The molecule has 0 atom stereocenters. The fourth-order valence-corrected chi connectivity index (χ4v) is 1.22. The third kappa shape index (κ3) is 3.69. The van der Waals surface area contributed by atoms with E-state index < -0.39 is 10.2 Å². The molecule has 6 nitrogen and oxygen atoms in total. The maximum Gasteiger partial charge on any atom is 0.274 e. The van der Waals surface area contributed by atoms with Crippen LogP contribution < -0.4 is 14.6 Å². The molecule has 7 heteroatoms. The van der Waals surface area contributed by atoms with Gasteiger partial charge in [0.1, 0.15) is 0 Å². The molecule has 0 bridgehead atoms. The highest BCUT2D eigenvalue weighted by molar-refractivity contribution is 7.87. The molecule has 3 N–H and O–H groups in total. The van der Waals surface area contributed by atoms with Gasteiger partial charge in [0.15, 0.2) is 0 Å². The van der Waals surface area contributed by atoms with E-state index >= 15 is 0 Å². The average Bonchev–Trinajstić information content (AvgIpc) is 2.14. The van der Waals surface area contributed by atoms with Crippen molar-refractivity contribution in [1.82, 2.24) is 9.71 Å². The standard InChI is InChI=1S/C7H11N3O3S/c1-13-7-4-6(2-3-9-7)5-10-14(8,11)12/h2-4,10H,5H2,1H3,(H2,8,11,12). The third-order valence-corrected chi connectivity index (χ3v) is 2.03. The summed E-state index contributed by atoms with van der Waals surface area (Å²) in [4.78, 5) is 3.87. The van der Waals surface area contributed by atoms with Crippen LogP contribution in [0.1, 0.15) is 5.56 Å². The van der Waals surface area contributed by atoms with Crippen LogP contribution in [0.15, 0.2) is 18.3 Å². The van der Waals surface area contributed by atoms with E-state index in [1.807, 2.05) is 0 Å². The number of nitrogens with one attached hydrogen (secondary N) is 1. The SMILES string of the molecule is COc1cc(CNS(N)(=O)=O)ccn1. The highest BCUT2D eigenvalue weighted by Gasteiger charge is 2.02. The largest absolute Gasteiger partial charge is 0.481 e. The van der Waals surface area contributed by atoms with Gasteiger partial charge in [-0.25, -0.2) is 10.1 Å². The van der Waals surface area contributed by atoms with Gasteiger partial charge >= 0.3 is 0 Å². The summed E-state index contributed by atoms with van der Waals surface area (Å²) in [7, 11) is -2.17. The van der Waals surface area contributed by atoms with Crippen LogP contribution in [0.25, 0.3) is 0 Å². The van der Waals surface area contributed by atoms with Crippen molar-refractivity contribution in [3.05, 3.63) is 23.9 Å². The van der Waals surface area contributed by atoms with E-state index in [-0.39, 0.29) is 6.54 Å². The fourth-order valence-electron chi connectivity index (χ4n) is 0.856. The van der Waals surface area contributed by atoms with Crippen LogP contribution in [0.5, 0.6) is 5.88 Å². The molecule has 0 unspecified atom stereocenters. The van der Waals surface area contributed by atoms with E-state index in [9.17, 15) is 8.42 Å². The number of pyridine rings is 1. The van der Waals surface area contributed by atoms with Gasteiger partial charge in [0.2, 0.25) is 5.88 Å². The first kappa shape index (κ1) is 10.9. The summed E-state index contributed by atoms with van der Waals surface area (Å²) in [5, 5.41) is 4.77. The van der Waals surface area contributed by atoms with Gasteiger partial charge in [0.05, 0.1) is 7.11 Å². The van der Waals surface area contributed by atoms with Gasteiger partial charge in [-0.1, -0.05) is 0 Å². The number of hydrogen-bond donors (Lipinski definition) is 2. The molecular weight excluding hydrogens is 206 g/mol. The topological polar surface area (TPSA) is 94.3 Å². The Morgan fingerprint density at radius 2 is 2.36 bits per heavy atom. The molecule has 1 aromatic rings. The number of methoxy groups -OCH3 is 1. The number of nitrogens with two attached hydrogens (primary N) is 1. The van der Waals surface area contributed by atoms with Crippen LogP contribution in [-0.4, -0.2) is 20.5 Å². The summed E-state index contributed by atoms with van der Waals surface area (Å²) >= 11 is 0. The van der Waals surface area contributed by atoms with Crippen LogP contribution in [0.2, 0.25) is 0 Å². The minimum absolute atomic E-state index is 0.123. The van der Waals surface area contributed by atoms with E-state index in [1.54, 1.807) is 12.1 Å². The first-order valence-electron chi connectivity index (χ1n) is 3.77. The van der Waals surface area contributed by atoms with Crippen molar-refractivity contribution in [3.63, 3.8) is 0 Å². The number of nitrogens with zero attached hydrogens (tertiary/aromatic N) is 1. The summed E-state index contributed by atoms with van der Waals surface area (Å²) in [5.74, 6) is 0.429. The van der Waals surface area contributed by atoms with E-state index in [4.69, 9.17) is 9.88 Å². The lowest BCUT2D eigenvalue weighted by atomic mass is 10.3. The van der Waals surface area contributed by atoms with Gasteiger partial charge in [-0.05, 0) is 11.6 Å². The molecule has 1 aromatic heterocycles. The van der Waals surface area contributed by atoms with Gasteiger partial charge in [-0.3, -0.25) is 0 Å². The Balaban J connectivity index is 2.68.